The van der Waals surface area contributed by atoms with E-state index in [-0.39, 0.29) is 6.04 Å². The molecule has 1 N–H and O–H groups in total. The van der Waals surface area contributed by atoms with Crippen molar-refractivity contribution < 1.29 is 4.79 Å². The molecule has 1 aromatic rings. The number of thiazole rings is 1. The summed E-state index contributed by atoms with van der Waals surface area (Å²) in [4.78, 5) is 19.9. The van der Waals surface area contributed by atoms with Crippen molar-refractivity contribution in [3.05, 3.63) is 16.1 Å². The SMILES string of the molecule is Cc1cnc(CCN[C@H](C)CC(=O)N2CCCCCC2)s1. The van der Waals surface area contributed by atoms with E-state index >= 15 is 0 Å². The van der Waals surface area contributed by atoms with Crippen LogP contribution in [0.15, 0.2) is 6.20 Å². The summed E-state index contributed by atoms with van der Waals surface area (Å²) in [5.74, 6) is 0.307. The van der Waals surface area contributed by atoms with Crippen molar-refractivity contribution in [1.82, 2.24) is 15.2 Å². The molecule has 2 heterocycles. The Morgan fingerprint density at radius 1 is 1.38 bits per heavy atom. The zero-order chi connectivity index (χ0) is 15.1. The van der Waals surface area contributed by atoms with E-state index in [1.54, 1.807) is 11.3 Å². The largest absolute Gasteiger partial charge is 0.343 e. The molecule has 1 saturated heterocycles. The molecule has 1 atom stereocenters. The second-order valence-corrected chi connectivity index (χ2v) is 7.29. The highest BCUT2D eigenvalue weighted by Crippen LogP contribution is 2.12. The van der Waals surface area contributed by atoms with Crippen molar-refractivity contribution in [2.75, 3.05) is 19.6 Å². The van der Waals surface area contributed by atoms with Gasteiger partial charge in [0.05, 0.1) is 5.01 Å². The lowest BCUT2D eigenvalue weighted by molar-refractivity contribution is -0.131. The fourth-order valence-electron chi connectivity index (χ4n) is 2.73. The molecule has 1 fully saturated rings. The monoisotopic (exact) mass is 309 g/mol. The first-order valence-electron chi connectivity index (χ1n) is 8.07. The van der Waals surface area contributed by atoms with E-state index in [1.165, 1.54) is 22.7 Å². The van der Waals surface area contributed by atoms with Crippen molar-refractivity contribution in [2.24, 2.45) is 0 Å². The van der Waals surface area contributed by atoms with Gasteiger partial charge < -0.3 is 10.2 Å². The van der Waals surface area contributed by atoms with E-state index in [0.29, 0.717) is 12.3 Å². The molecule has 0 unspecified atom stereocenters. The van der Waals surface area contributed by atoms with Crippen LogP contribution in [0.5, 0.6) is 0 Å². The molecule has 2 rings (SSSR count). The minimum absolute atomic E-state index is 0.238. The third-order valence-corrected chi connectivity index (χ3v) is 4.91. The summed E-state index contributed by atoms with van der Waals surface area (Å²) < 4.78 is 0. The van der Waals surface area contributed by atoms with Crippen LogP contribution in [0.4, 0.5) is 0 Å². The van der Waals surface area contributed by atoms with Gasteiger partial charge in [-0.3, -0.25) is 4.79 Å². The predicted octanol–water partition coefficient (Wildman–Crippen LogP) is 2.76. The molecule has 21 heavy (non-hydrogen) atoms. The molecule has 1 amide bonds. The number of carbonyl (C=O) groups is 1. The van der Waals surface area contributed by atoms with Gasteiger partial charge in [0, 0.05) is 49.6 Å². The quantitative estimate of drug-likeness (QED) is 0.879. The fourth-order valence-corrected chi connectivity index (χ4v) is 3.51. The third-order valence-electron chi connectivity index (χ3n) is 3.94. The highest BCUT2D eigenvalue weighted by Gasteiger charge is 2.17. The number of carbonyl (C=O) groups excluding carboxylic acids is 1. The zero-order valence-electron chi connectivity index (χ0n) is 13.2. The van der Waals surface area contributed by atoms with Crippen LogP contribution in [0.1, 0.15) is 48.9 Å². The van der Waals surface area contributed by atoms with Gasteiger partial charge in [-0.25, -0.2) is 4.98 Å². The number of likely N-dealkylation sites (tertiary alicyclic amines) is 1. The Labute approximate surface area is 132 Å². The van der Waals surface area contributed by atoms with Crippen LogP contribution >= 0.6 is 11.3 Å². The Morgan fingerprint density at radius 2 is 2.10 bits per heavy atom. The van der Waals surface area contributed by atoms with E-state index in [1.807, 2.05) is 6.20 Å². The Bertz CT molecular complexity index is 438. The molecule has 118 valence electrons. The van der Waals surface area contributed by atoms with Crippen LogP contribution in [-0.4, -0.2) is 41.5 Å². The minimum Gasteiger partial charge on any atom is -0.343 e. The number of nitrogens with zero attached hydrogens (tertiary/aromatic N) is 2. The molecule has 1 aliphatic rings. The van der Waals surface area contributed by atoms with Gasteiger partial charge in [0.1, 0.15) is 0 Å². The van der Waals surface area contributed by atoms with Crippen LogP contribution in [0.2, 0.25) is 0 Å². The first-order valence-corrected chi connectivity index (χ1v) is 8.89. The van der Waals surface area contributed by atoms with Crippen LogP contribution in [0.25, 0.3) is 0 Å². The zero-order valence-corrected chi connectivity index (χ0v) is 14.0. The van der Waals surface area contributed by atoms with Gasteiger partial charge in [-0.2, -0.15) is 0 Å². The van der Waals surface area contributed by atoms with Gasteiger partial charge >= 0.3 is 0 Å². The van der Waals surface area contributed by atoms with Gasteiger partial charge in [-0.05, 0) is 26.7 Å². The Kier molecular flexibility index (Phi) is 6.64. The summed E-state index contributed by atoms with van der Waals surface area (Å²) in [6, 6.07) is 0.238. The van der Waals surface area contributed by atoms with Crippen LogP contribution in [0.3, 0.4) is 0 Å². The van der Waals surface area contributed by atoms with Crippen LogP contribution in [0, 0.1) is 6.92 Å². The van der Waals surface area contributed by atoms with Crippen molar-refractivity contribution in [3.63, 3.8) is 0 Å². The number of rotatable bonds is 6. The fraction of sp³-hybridized carbons (Fsp3) is 0.750. The number of amides is 1. The maximum absolute atomic E-state index is 12.3. The second-order valence-electron chi connectivity index (χ2n) is 5.97. The summed E-state index contributed by atoms with van der Waals surface area (Å²) in [7, 11) is 0. The first kappa shape index (κ1) is 16.4. The molecule has 0 saturated carbocycles. The van der Waals surface area contributed by atoms with Gasteiger partial charge in [-0.1, -0.05) is 12.8 Å². The van der Waals surface area contributed by atoms with E-state index in [2.05, 4.69) is 29.0 Å². The first-order chi connectivity index (χ1) is 10.1. The van der Waals surface area contributed by atoms with E-state index < -0.39 is 0 Å². The van der Waals surface area contributed by atoms with Gasteiger partial charge in [0.25, 0.3) is 0 Å². The molecule has 4 nitrogen and oxygen atoms in total. The lowest BCUT2D eigenvalue weighted by Gasteiger charge is -2.22. The lowest BCUT2D eigenvalue weighted by atomic mass is 10.2. The Balaban J connectivity index is 1.66. The number of aryl methyl sites for hydroxylation is 1. The predicted molar refractivity (Wildman–Crippen MR) is 87.7 cm³/mol. The number of nitrogens with one attached hydrogen (secondary N) is 1. The van der Waals surface area contributed by atoms with Gasteiger partial charge in [0.2, 0.25) is 5.91 Å². The lowest BCUT2D eigenvalue weighted by Crippen LogP contribution is -2.38. The molecule has 0 bridgehead atoms. The molecule has 0 aliphatic carbocycles. The third kappa shape index (κ3) is 5.75. The smallest absolute Gasteiger partial charge is 0.224 e. The molecule has 5 heteroatoms. The average molecular weight is 309 g/mol. The standard InChI is InChI=1S/C16H27N3OS/c1-13(17-8-7-15-18-12-14(2)21-15)11-16(20)19-9-5-3-4-6-10-19/h12-13,17H,3-11H2,1-2H3/t13-/m1/s1. The Morgan fingerprint density at radius 3 is 2.71 bits per heavy atom. The number of aromatic nitrogens is 1. The summed E-state index contributed by atoms with van der Waals surface area (Å²) in [6.45, 7) is 6.97. The normalized spacial score (nSPS) is 17.5. The highest BCUT2D eigenvalue weighted by atomic mass is 32.1. The maximum Gasteiger partial charge on any atom is 0.224 e. The van der Waals surface area contributed by atoms with Crippen molar-refractivity contribution in [1.29, 1.82) is 0 Å². The topological polar surface area (TPSA) is 45.2 Å². The summed E-state index contributed by atoms with van der Waals surface area (Å²) in [6.07, 6.45) is 8.34. The molecular formula is C16H27N3OS. The van der Waals surface area contributed by atoms with Gasteiger partial charge in [-0.15, -0.1) is 11.3 Å². The van der Waals surface area contributed by atoms with Crippen LogP contribution in [-0.2, 0) is 11.2 Å². The van der Waals surface area contributed by atoms with Crippen molar-refractivity contribution in [3.8, 4) is 0 Å². The minimum atomic E-state index is 0.238. The number of hydrogen-bond acceptors (Lipinski definition) is 4. The molecule has 1 aromatic heterocycles. The Hall–Kier alpha value is -0.940. The van der Waals surface area contributed by atoms with E-state index in [9.17, 15) is 4.79 Å². The maximum atomic E-state index is 12.3. The highest BCUT2D eigenvalue weighted by molar-refractivity contribution is 7.11. The van der Waals surface area contributed by atoms with Gasteiger partial charge in [0.15, 0.2) is 0 Å². The average Bonchev–Trinajstić information content (AvgIpc) is 2.71. The van der Waals surface area contributed by atoms with Crippen LogP contribution < -0.4 is 5.32 Å². The van der Waals surface area contributed by atoms with E-state index in [0.717, 1.165) is 38.9 Å². The van der Waals surface area contributed by atoms with Crippen molar-refractivity contribution in [2.45, 2.75) is 58.4 Å². The summed E-state index contributed by atoms with van der Waals surface area (Å²) in [5.41, 5.74) is 0. The molecule has 1 aliphatic heterocycles. The second kappa shape index (κ2) is 8.49. The molecule has 0 radical (unpaired) electrons. The molecular weight excluding hydrogens is 282 g/mol. The molecule has 0 spiro atoms. The molecule has 0 aromatic carbocycles. The summed E-state index contributed by atoms with van der Waals surface area (Å²) >= 11 is 1.75. The van der Waals surface area contributed by atoms with E-state index in [4.69, 9.17) is 0 Å². The number of hydrogen-bond donors (Lipinski definition) is 1. The summed E-state index contributed by atoms with van der Waals surface area (Å²) in [5, 5.41) is 4.62. The van der Waals surface area contributed by atoms with Crippen molar-refractivity contribution >= 4 is 17.2 Å².